The van der Waals surface area contributed by atoms with Gasteiger partial charge in [-0.1, -0.05) is 0 Å². The highest BCUT2D eigenvalue weighted by Gasteiger charge is 2.16. The van der Waals surface area contributed by atoms with Gasteiger partial charge in [-0.25, -0.2) is 14.5 Å². The molecule has 0 saturated heterocycles. The summed E-state index contributed by atoms with van der Waals surface area (Å²) in [7, 11) is 1.64. The highest BCUT2D eigenvalue weighted by Crippen LogP contribution is 2.29. The van der Waals surface area contributed by atoms with E-state index in [1.807, 2.05) is 41.8 Å². The molecule has 144 valence electrons. The summed E-state index contributed by atoms with van der Waals surface area (Å²) in [5, 5.41) is 4.51. The zero-order valence-corrected chi connectivity index (χ0v) is 16.4. The number of aromatic nitrogens is 5. The number of halogens is 1. The average molecular weight is 398 g/mol. The predicted molar refractivity (Wildman–Crippen MR) is 109 cm³/mol. The summed E-state index contributed by atoms with van der Waals surface area (Å²) >= 11 is 0. The van der Waals surface area contributed by atoms with E-state index in [1.165, 1.54) is 0 Å². The lowest BCUT2D eigenvalue weighted by atomic mass is 10.1. The Labute approximate surface area is 168 Å². The van der Waals surface area contributed by atoms with Crippen molar-refractivity contribution in [3.8, 4) is 28.3 Å². The van der Waals surface area contributed by atoms with E-state index in [9.17, 15) is 0 Å². The Morgan fingerprint density at radius 3 is 2.50 bits per heavy atom. The van der Waals surface area contributed by atoms with Gasteiger partial charge in [0, 0.05) is 49.1 Å². The number of nitrogens with zero attached hydrogens (tertiary/aromatic N) is 5. The van der Waals surface area contributed by atoms with Gasteiger partial charge in [0.15, 0.2) is 5.65 Å². The quantitative estimate of drug-likeness (QED) is 0.463. The Balaban J connectivity index is 0.00000225. The molecule has 28 heavy (non-hydrogen) atoms. The van der Waals surface area contributed by atoms with E-state index in [0.29, 0.717) is 19.1 Å². The second kappa shape index (κ2) is 8.77. The Kier molecular flexibility index (Phi) is 6.18. The molecule has 0 radical (unpaired) electrons. The van der Waals surface area contributed by atoms with Crippen molar-refractivity contribution >= 4 is 18.1 Å². The predicted octanol–water partition coefficient (Wildman–Crippen LogP) is 3.61. The monoisotopic (exact) mass is 397 g/mol. The summed E-state index contributed by atoms with van der Waals surface area (Å²) in [6.45, 7) is 2.97. The van der Waals surface area contributed by atoms with Crippen molar-refractivity contribution in [2.45, 2.75) is 6.92 Å². The van der Waals surface area contributed by atoms with Crippen LogP contribution in [0, 0.1) is 6.92 Å². The van der Waals surface area contributed by atoms with Gasteiger partial charge in [0.1, 0.15) is 6.61 Å². The van der Waals surface area contributed by atoms with E-state index in [-0.39, 0.29) is 12.4 Å². The van der Waals surface area contributed by atoms with E-state index < -0.39 is 0 Å². The van der Waals surface area contributed by atoms with Crippen LogP contribution in [0.15, 0.2) is 55.1 Å². The van der Waals surface area contributed by atoms with Gasteiger partial charge in [-0.3, -0.25) is 4.98 Å². The number of pyridine rings is 2. The van der Waals surface area contributed by atoms with Crippen LogP contribution in [0.2, 0.25) is 0 Å². The van der Waals surface area contributed by atoms with Crippen LogP contribution in [0.5, 0.6) is 5.88 Å². The number of hydrogen-bond donors (Lipinski definition) is 0. The topological polar surface area (TPSA) is 74.4 Å². The molecule has 0 aliphatic carbocycles. The van der Waals surface area contributed by atoms with E-state index in [1.54, 1.807) is 31.9 Å². The first-order chi connectivity index (χ1) is 13.3. The Hall–Kier alpha value is -3.03. The normalized spacial score (nSPS) is 10.6. The lowest BCUT2D eigenvalue weighted by Crippen LogP contribution is -2.05. The maximum Gasteiger partial charge on any atom is 0.213 e. The smallest absolute Gasteiger partial charge is 0.213 e. The fourth-order valence-electron chi connectivity index (χ4n) is 2.98. The van der Waals surface area contributed by atoms with Gasteiger partial charge in [0.25, 0.3) is 0 Å². The maximum absolute atomic E-state index is 5.53. The SMILES string of the molecule is COCCOc1ccc(-c2c(C)nc3c(-c4ccncc4)ccnn23)cn1.Cl. The number of imidazole rings is 1. The number of ether oxygens (including phenoxy) is 2. The second-order valence-electron chi connectivity index (χ2n) is 5.99. The fraction of sp³-hybridized carbons (Fsp3) is 0.200. The van der Waals surface area contributed by atoms with E-state index in [2.05, 4.69) is 15.1 Å². The molecule has 0 bridgehead atoms. The Bertz CT molecular complexity index is 1050. The van der Waals surface area contributed by atoms with Crippen LogP contribution in [-0.4, -0.2) is 44.9 Å². The molecule has 4 aromatic rings. The van der Waals surface area contributed by atoms with Crippen LogP contribution in [0.25, 0.3) is 28.0 Å². The average Bonchev–Trinajstić information content (AvgIpc) is 3.05. The zero-order valence-electron chi connectivity index (χ0n) is 15.6. The highest BCUT2D eigenvalue weighted by atomic mass is 35.5. The van der Waals surface area contributed by atoms with Crippen LogP contribution in [-0.2, 0) is 4.74 Å². The molecular weight excluding hydrogens is 378 g/mol. The minimum Gasteiger partial charge on any atom is -0.475 e. The number of fused-ring (bicyclic) bond motifs is 1. The van der Waals surface area contributed by atoms with Crippen molar-refractivity contribution in [1.82, 2.24) is 24.6 Å². The van der Waals surface area contributed by atoms with Gasteiger partial charge in [-0.2, -0.15) is 5.10 Å². The van der Waals surface area contributed by atoms with Crippen molar-refractivity contribution in [3.63, 3.8) is 0 Å². The summed E-state index contributed by atoms with van der Waals surface area (Å²) in [4.78, 5) is 13.2. The number of rotatable bonds is 6. The van der Waals surface area contributed by atoms with Crippen LogP contribution >= 0.6 is 12.4 Å². The van der Waals surface area contributed by atoms with Crippen molar-refractivity contribution in [2.24, 2.45) is 0 Å². The van der Waals surface area contributed by atoms with Crippen molar-refractivity contribution in [1.29, 1.82) is 0 Å². The molecule has 0 spiro atoms. The Morgan fingerprint density at radius 1 is 0.964 bits per heavy atom. The van der Waals surface area contributed by atoms with Gasteiger partial charge >= 0.3 is 0 Å². The summed E-state index contributed by atoms with van der Waals surface area (Å²) in [6, 6.07) is 9.70. The van der Waals surface area contributed by atoms with Crippen molar-refractivity contribution in [2.75, 3.05) is 20.3 Å². The summed E-state index contributed by atoms with van der Waals surface area (Å²) < 4.78 is 12.4. The van der Waals surface area contributed by atoms with Crippen LogP contribution in [0.3, 0.4) is 0 Å². The molecule has 4 aromatic heterocycles. The van der Waals surface area contributed by atoms with Crippen LogP contribution in [0.4, 0.5) is 0 Å². The standard InChI is InChI=1S/C20H19N5O2.ClH/c1-14-19(16-3-4-18(22-13-16)27-12-11-26-2)25-20(24-14)17(7-10-23-25)15-5-8-21-9-6-15;/h3-10,13H,11-12H2,1-2H3;1H. The minimum atomic E-state index is 0. The van der Waals surface area contributed by atoms with E-state index >= 15 is 0 Å². The molecule has 4 rings (SSSR count). The number of aryl methyl sites for hydroxylation is 1. The van der Waals surface area contributed by atoms with Gasteiger partial charge in [-0.05, 0) is 36.8 Å². The third-order valence-electron chi connectivity index (χ3n) is 4.23. The highest BCUT2D eigenvalue weighted by molar-refractivity contribution is 5.85. The van der Waals surface area contributed by atoms with Gasteiger partial charge in [-0.15, -0.1) is 12.4 Å². The lowest BCUT2D eigenvalue weighted by Gasteiger charge is -2.07. The van der Waals surface area contributed by atoms with Crippen LogP contribution < -0.4 is 4.74 Å². The molecule has 8 heteroatoms. The first kappa shape index (κ1) is 19.7. The van der Waals surface area contributed by atoms with Gasteiger partial charge in [0.2, 0.25) is 5.88 Å². The van der Waals surface area contributed by atoms with Crippen LogP contribution in [0.1, 0.15) is 5.69 Å². The summed E-state index contributed by atoms with van der Waals surface area (Å²) in [5.74, 6) is 0.563. The molecule has 0 aromatic carbocycles. The third kappa shape index (κ3) is 3.81. The largest absolute Gasteiger partial charge is 0.475 e. The molecular formula is C20H20ClN5O2. The zero-order chi connectivity index (χ0) is 18.6. The molecule has 0 fully saturated rings. The maximum atomic E-state index is 5.53. The molecule has 7 nitrogen and oxygen atoms in total. The first-order valence-corrected chi connectivity index (χ1v) is 8.61. The molecule has 4 heterocycles. The number of methoxy groups -OCH3 is 1. The number of hydrogen-bond acceptors (Lipinski definition) is 6. The first-order valence-electron chi connectivity index (χ1n) is 8.61. The minimum absolute atomic E-state index is 0. The molecule has 0 atom stereocenters. The van der Waals surface area contributed by atoms with E-state index in [0.717, 1.165) is 33.7 Å². The van der Waals surface area contributed by atoms with Gasteiger partial charge in [0.05, 0.1) is 18.0 Å². The molecule has 0 unspecified atom stereocenters. The second-order valence-corrected chi connectivity index (χ2v) is 5.99. The van der Waals surface area contributed by atoms with Crippen molar-refractivity contribution in [3.05, 3.63) is 60.8 Å². The molecule has 0 aliphatic rings. The van der Waals surface area contributed by atoms with Crippen molar-refractivity contribution < 1.29 is 9.47 Å². The molecule has 0 amide bonds. The van der Waals surface area contributed by atoms with Gasteiger partial charge < -0.3 is 9.47 Å². The summed E-state index contributed by atoms with van der Waals surface area (Å²) in [6.07, 6.45) is 7.10. The van der Waals surface area contributed by atoms with E-state index in [4.69, 9.17) is 14.5 Å². The molecule has 0 N–H and O–H groups in total. The summed E-state index contributed by atoms with van der Waals surface area (Å²) in [5.41, 5.74) is 5.59. The lowest BCUT2D eigenvalue weighted by molar-refractivity contribution is 0.144. The molecule has 0 saturated carbocycles. The fourth-order valence-corrected chi connectivity index (χ4v) is 2.98. The third-order valence-corrected chi connectivity index (χ3v) is 4.23. The Morgan fingerprint density at radius 2 is 1.79 bits per heavy atom. The molecule has 0 aliphatic heterocycles.